The van der Waals surface area contributed by atoms with Gasteiger partial charge in [0.25, 0.3) is 0 Å². The molecular weight excluding hydrogens is 318 g/mol. The summed E-state index contributed by atoms with van der Waals surface area (Å²) in [6.07, 6.45) is 4.12. The van der Waals surface area contributed by atoms with Gasteiger partial charge in [0.2, 0.25) is 0 Å². The van der Waals surface area contributed by atoms with Crippen LogP contribution < -0.4 is 16.7 Å². The maximum absolute atomic E-state index is 12.2. The number of fused-ring (bicyclic) bond motifs is 1. The SMILES string of the molecule is CCCCNCc1ccc(Cn2c(=O)[nH]c3c(N)nc(C)nc32)cn1. The first kappa shape index (κ1) is 17.1. The second-order valence-electron chi connectivity index (χ2n) is 6.06. The molecule has 4 N–H and O–H groups in total. The van der Waals surface area contributed by atoms with E-state index < -0.39 is 0 Å². The Bertz CT molecular complexity index is 911. The number of nitrogens with zero attached hydrogens (tertiary/aromatic N) is 4. The lowest BCUT2D eigenvalue weighted by Gasteiger charge is -2.06. The molecule has 132 valence electrons. The number of hydrogen-bond donors (Lipinski definition) is 3. The van der Waals surface area contributed by atoms with E-state index >= 15 is 0 Å². The molecule has 8 nitrogen and oxygen atoms in total. The zero-order valence-corrected chi connectivity index (χ0v) is 14.5. The standard InChI is InChI=1S/C17H23N7O/c1-3-4-7-19-9-13-6-5-12(8-20-13)10-24-16-14(23-17(24)25)15(18)21-11(2)22-16/h5-6,8,19H,3-4,7,9-10H2,1-2H3,(H,23,25)(H2,18,21,22). The molecule has 3 aromatic rings. The van der Waals surface area contributed by atoms with Crippen LogP contribution in [0.25, 0.3) is 11.2 Å². The second-order valence-corrected chi connectivity index (χ2v) is 6.06. The van der Waals surface area contributed by atoms with Gasteiger partial charge >= 0.3 is 5.69 Å². The van der Waals surface area contributed by atoms with Gasteiger partial charge in [-0.2, -0.15) is 0 Å². The largest absolute Gasteiger partial charge is 0.382 e. The van der Waals surface area contributed by atoms with Gasteiger partial charge in [0.05, 0.1) is 12.2 Å². The lowest BCUT2D eigenvalue weighted by Crippen LogP contribution is -2.18. The molecule has 0 aliphatic heterocycles. The number of aromatic amines is 1. The third-order valence-electron chi connectivity index (χ3n) is 4.00. The van der Waals surface area contributed by atoms with Crippen LogP contribution in [0.15, 0.2) is 23.1 Å². The van der Waals surface area contributed by atoms with Crippen molar-refractivity contribution in [1.29, 1.82) is 0 Å². The van der Waals surface area contributed by atoms with Crippen LogP contribution in [0.1, 0.15) is 36.8 Å². The van der Waals surface area contributed by atoms with Gasteiger partial charge in [0.1, 0.15) is 11.3 Å². The molecule has 0 bridgehead atoms. The monoisotopic (exact) mass is 341 g/mol. The van der Waals surface area contributed by atoms with E-state index in [0.717, 1.165) is 30.8 Å². The van der Waals surface area contributed by atoms with Crippen molar-refractivity contribution in [2.45, 2.75) is 39.8 Å². The summed E-state index contributed by atoms with van der Waals surface area (Å²) in [7, 11) is 0. The third-order valence-corrected chi connectivity index (χ3v) is 4.00. The number of nitrogens with two attached hydrogens (primary N) is 1. The average Bonchev–Trinajstić information content (AvgIpc) is 2.90. The molecule has 3 heterocycles. The number of pyridine rings is 1. The molecule has 0 atom stereocenters. The first-order valence-electron chi connectivity index (χ1n) is 8.45. The lowest BCUT2D eigenvalue weighted by atomic mass is 10.2. The van der Waals surface area contributed by atoms with Crippen molar-refractivity contribution in [1.82, 2.24) is 29.8 Å². The summed E-state index contributed by atoms with van der Waals surface area (Å²) in [6, 6.07) is 3.95. The van der Waals surface area contributed by atoms with Gasteiger partial charge in [0.15, 0.2) is 11.5 Å². The van der Waals surface area contributed by atoms with E-state index in [0.29, 0.717) is 23.5 Å². The Morgan fingerprint density at radius 1 is 1.32 bits per heavy atom. The van der Waals surface area contributed by atoms with Gasteiger partial charge in [-0.25, -0.2) is 14.8 Å². The Morgan fingerprint density at radius 2 is 2.16 bits per heavy atom. The smallest absolute Gasteiger partial charge is 0.328 e. The number of aromatic nitrogens is 5. The number of imidazole rings is 1. The summed E-state index contributed by atoms with van der Waals surface area (Å²) in [6.45, 7) is 6.04. The quantitative estimate of drug-likeness (QED) is 0.559. The Kier molecular flexibility index (Phi) is 5.08. The minimum atomic E-state index is -0.257. The number of H-pyrrole nitrogens is 1. The highest BCUT2D eigenvalue weighted by Gasteiger charge is 2.13. The highest BCUT2D eigenvalue weighted by molar-refractivity contribution is 5.81. The summed E-state index contributed by atoms with van der Waals surface area (Å²) in [5, 5.41) is 3.36. The predicted octanol–water partition coefficient (Wildman–Crippen LogP) is 1.34. The van der Waals surface area contributed by atoms with Crippen LogP contribution in [-0.4, -0.2) is 31.0 Å². The highest BCUT2D eigenvalue weighted by Crippen LogP contribution is 2.14. The van der Waals surface area contributed by atoms with E-state index in [9.17, 15) is 4.79 Å². The second kappa shape index (κ2) is 7.43. The number of anilines is 1. The number of nitrogen functional groups attached to an aromatic ring is 1. The Hall–Kier alpha value is -2.74. The average molecular weight is 341 g/mol. The predicted molar refractivity (Wildman–Crippen MR) is 97.3 cm³/mol. The molecular formula is C17H23N7O. The van der Waals surface area contributed by atoms with Crippen molar-refractivity contribution in [3.8, 4) is 0 Å². The van der Waals surface area contributed by atoms with Gasteiger partial charge in [-0.3, -0.25) is 9.55 Å². The minimum Gasteiger partial charge on any atom is -0.382 e. The summed E-state index contributed by atoms with van der Waals surface area (Å²) in [5.74, 6) is 0.814. The van der Waals surface area contributed by atoms with Crippen molar-refractivity contribution in [3.05, 3.63) is 45.9 Å². The van der Waals surface area contributed by atoms with Crippen molar-refractivity contribution in [2.24, 2.45) is 0 Å². The van der Waals surface area contributed by atoms with Crippen LogP contribution in [0.4, 0.5) is 5.82 Å². The van der Waals surface area contributed by atoms with E-state index in [1.54, 1.807) is 17.7 Å². The highest BCUT2D eigenvalue weighted by atomic mass is 16.1. The van der Waals surface area contributed by atoms with Gasteiger partial charge < -0.3 is 16.0 Å². The van der Waals surface area contributed by atoms with E-state index in [-0.39, 0.29) is 11.5 Å². The number of rotatable bonds is 7. The molecule has 0 radical (unpaired) electrons. The number of unbranched alkanes of at least 4 members (excludes halogenated alkanes) is 1. The molecule has 0 fully saturated rings. The normalized spacial score (nSPS) is 11.3. The molecule has 0 amide bonds. The molecule has 0 aromatic carbocycles. The molecule has 0 saturated carbocycles. The fraction of sp³-hybridized carbons (Fsp3) is 0.412. The molecule has 3 rings (SSSR count). The fourth-order valence-electron chi connectivity index (χ4n) is 2.67. The van der Waals surface area contributed by atoms with Crippen LogP contribution in [0.5, 0.6) is 0 Å². The van der Waals surface area contributed by atoms with E-state index in [1.807, 2.05) is 12.1 Å². The number of hydrogen-bond acceptors (Lipinski definition) is 6. The molecule has 25 heavy (non-hydrogen) atoms. The fourth-order valence-corrected chi connectivity index (χ4v) is 2.67. The Balaban J connectivity index is 1.77. The van der Waals surface area contributed by atoms with Crippen molar-refractivity contribution < 1.29 is 0 Å². The maximum atomic E-state index is 12.2. The number of aryl methyl sites for hydroxylation is 1. The van der Waals surface area contributed by atoms with Crippen molar-refractivity contribution >= 4 is 17.0 Å². The maximum Gasteiger partial charge on any atom is 0.328 e. The topological polar surface area (TPSA) is 115 Å². The van der Waals surface area contributed by atoms with E-state index in [1.165, 1.54) is 6.42 Å². The van der Waals surface area contributed by atoms with Gasteiger partial charge in [-0.05, 0) is 31.5 Å². The van der Waals surface area contributed by atoms with Crippen LogP contribution in [-0.2, 0) is 13.1 Å². The van der Waals surface area contributed by atoms with E-state index in [2.05, 4.69) is 32.2 Å². The summed E-state index contributed by atoms with van der Waals surface area (Å²) < 4.78 is 1.55. The Labute approximate surface area is 145 Å². The first-order chi connectivity index (χ1) is 12.1. The van der Waals surface area contributed by atoms with Crippen LogP contribution in [0.2, 0.25) is 0 Å². The summed E-state index contributed by atoms with van der Waals surface area (Å²) >= 11 is 0. The van der Waals surface area contributed by atoms with Crippen LogP contribution >= 0.6 is 0 Å². The zero-order chi connectivity index (χ0) is 17.8. The third kappa shape index (κ3) is 3.85. The van der Waals surface area contributed by atoms with Gasteiger partial charge in [0, 0.05) is 12.7 Å². The summed E-state index contributed by atoms with van der Waals surface area (Å²) in [4.78, 5) is 27.8. The molecule has 0 spiro atoms. The van der Waals surface area contributed by atoms with E-state index in [4.69, 9.17) is 5.73 Å². The first-order valence-corrected chi connectivity index (χ1v) is 8.45. The Morgan fingerprint density at radius 3 is 2.88 bits per heavy atom. The van der Waals surface area contributed by atoms with Gasteiger partial charge in [-0.1, -0.05) is 19.4 Å². The van der Waals surface area contributed by atoms with Crippen LogP contribution in [0.3, 0.4) is 0 Å². The molecule has 8 heteroatoms. The van der Waals surface area contributed by atoms with Gasteiger partial charge in [-0.15, -0.1) is 0 Å². The van der Waals surface area contributed by atoms with Crippen molar-refractivity contribution in [3.63, 3.8) is 0 Å². The number of nitrogens with one attached hydrogen (secondary N) is 2. The molecule has 0 unspecified atom stereocenters. The molecule has 0 saturated heterocycles. The minimum absolute atomic E-state index is 0.257. The van der Waals surface area contributed by atoms with Crippen LogP contribution in [0, 0.1) is 6.92 Å². The van der Waals surface area contributed by atoms with Crippen molar-refractivity contribution in [2.75, 3.05) is 12.3 Å². The lowest BCUT2D eigenvalue weighted by molar-refractivity contribution is 0.632. The molecule has 0 aliphatic carbocycles. The molecule has 0 aliphatic rings. The zero-order valence-electron chi connectivity index (χ0n) is 14.5. The molecule has 3 aromatic heterocycles. The summed E-state index contributed by atoms with van der Waals surface area (Å²) in [5.41, 5.74) is 8.50.